The standard InChI is InChI=1S/C28H28N4O5S2/c1-16-6-5-7-18(12-16)32-27(35)25-20-10-11-31(17(2)33)14-23(20)39-26(25)30-28(32)38-15-24(34)29-21-9-8-19(36-3)13-22(21)37-4/h5-9,12-13H,10-11,14-15H2,1-4H3,(H,29,34). The molecule has 202 valence electrons. The molecule has 11 heteroatoms. The van der Waals surface area contributed by atoms with Crippen LogP contribution in [0.5, 0.6) is 11.5 Å². The molecule has 0 bridgehead atoms. The summed E-state index contributed by atoms with van der Waals surface area (Å²) in [7, 11) is 3.08. The molecule has 5 rings (SSSR count). The quantitative estimate of drug-likeness (QED) is 0.262. The molecule has 2 aromatic carbocycles. The molecule has 0 spiro atoms. The minimum absolute atomic E-state index is 0.0129. The number of nitrogens with zero attached hydrogens (tertiary/aromatic N) is 3. The molecular weight excluding hydrogens is 536 g/mol. The Labute approximate surface area is 233 Å². The first kappa shape index (κ1) is 26.8. The van der Waals surface area contributed by atoms with Crippen molar-refractivity contribution in [2.75, 3.05) is 31.8 Å². The monoisotopic (exact) mass is 564 g/mol. The highest BCUT2D eigenvalue weighted by Crippen LogP contribution is 2.35. The summed E-state index contributed by atoms with van der Waals surface area (Å²) in [6.45, 7) is 4.57. The summed E-state index contributed by atoms with van der Waals surface area (Å²) < 4.78 is 12.2. The van der Waals surface area contributed by atoms with Crippen LogP contribution in [0.3, 0.4) is 0 Å². The number of thioether (sulfide) groups is 1. The second kappa shape index (κ2) is 11.1. The third-order valence-corrected chi connectivity index (χ3v) is 8.61. The topological polar surface area (TPSA) is 103 Å². The summed E-state index contributed by atoms with van der Waals surface area (Å²) in [6, 6.07) is 12.8. The highest BCUT2D eigenvalue weighted by atomic mass is 32.2. The molecule has 0 radical (unpaired) electrons. The number of hydrogen-bond donors (Lipinski definition) is 1. The van der Waals surface area contributed by atoms with Crippen LogP contribution < -0.4 is 20.3 Å². The van der Waals surface area contributed by atoms with Gasteiger partial charge in [0, 0.05) is 24.4 Å². The van der Waals surface area contributed by atoms with Crippen LogP contribution in [0.1, 0.15) is 22.9 Å². The van der Waals surface area contributed by atoms with Crippen molar-refractivity contribution in [1.29, 1.82) is 0 Å². The maximum Gasteiger partial charge on any atom is 0.267 e. The molecule has 0 aliphatic carbocycles. The van der Waals surface area contributed by atoms with Gasteiger partial charge >= 0.3 is 0 Å². The van der Waals surface area contributed by atoms with Crippen molar-refractivity contribution < 1.29 is 19.1 Å². The molecule has 4 aromatic rings. The minimum Gasteiger partial charge on any atom is -0.497 e. The lowest BCUT2D eigenvalue weighted by molar-refractivity contribution is -0.129. The van der Waals surface area contributed by atoms with E-state index in [0.717, 1.165) is 16.0 Å². The van der Waals surface area contributed by atoms with Crippen molar-refractivity contribution >= 4 is 50.8 Å². The molecule has 39 heavy (non-hydrogen) atoms. The number of benzene rings is 2. The highest BCUT2D eigenvalue weighted by Gasteiger charge is 2.27. The van der Waals surface area contributed by atoms with E-state index >= 15 is 0 Å². The first-order valence-electron chi connectivity index (χ1n) is 12.3. The van der Waals surface area contributed by atoms with E-state index in [1.807, 2.05) is 31.2 Å². The number of anilines is 1. The fourth-order valence-corrected chi connectivity index (χ4v) is 6.69. The fraction of sp³-hybridized carbons (Fsp3) is 0.286. The lowest BCUT2D eigenvalue weighted by Crippen LogP contribution is -2.34. The maximum atomic E-state index is 14.0. The lowest BCUT2D eigenvalue weighted by atomic mass is 10.1. The third kappa shape index (κ3) is 5.37. The number of carbonyl (C=O) groups is 2. The molecule has 0 atom stereocenters. The van der Waals surface area contributed by atoms with Gasteiger partial charge in [-0.1, -0.05) is 23.9 Å². The normalized spacial score (nSPS) is 12.8. The van der Waals surface area contributed by atoms with E-state index in [0.29, 0.717) is 57.8 Å². The molecule has 9 nitrogen and oxygen atoms in total. The third-order valence-electron chi connectivity index (χ3n) is 6.56. The van der Waals surface area contributed by atoms with Crippen LogP contribution in [0, 0.1) is 6.92 Å². The number of rotatable bonds is 7. The Kier molecular flexibility index (Phi) is 7.62. The second-order valence-corrected chi connectivity index (χ2v) is 11.2. The van der Waals surface area contributed by atoms with Gasteiger partial charge in [-0.05, 0) is 48.7 Å². The summed E-state index contributed by atoms with van der Waals surface area (Å²) in [4.78, 5) is 47.2. The number of methoxy groups -OCH3 is 2. The number of carbonyl (C=O) groups excluding carboxylic acids is 2. The summed E-state index contributed by atoms with van der Waals surface area (Å²) in [5, 5.41) is 3.89. The number of amides is 2. The number of hydrogen-bond acceptors (Lipinski definition) is 8. The molecule has 0 saturated heterocycles. The van der Waals surface area contributed by atoms with E-state index in [9.17, 15) is 14.4 Å². The van der Waals surface area contributed by atoms with E-state index < -0.39 is 0 Å². The number of fused-ring (bicyclic) bond motifs is 3. The molecule has 3 heterocycles. The summed E-state index contributed by atoms with van der Waals surface area (Å²) in [5.74, 6) is 0.870. The number of ether oxygens (including phenoxy) is 2. The summed E-state index contributed by atoms with van der Waals surface area (Å²) >= 11 is 2.63. The molecule has 0 fully saturated rings. The Morgan fingerprint density at radius 1 is 1.15 bits per heavy atom. The van der Waals surface area contributed by atoms with E-state index in [1.165, 1.54) is 30.2 Å². The van der Waals surface area contributed by atoms with E-state index in [-0.39, 0.29) is 23.1 Å². The van der Waals surface area contributed by atoms with Crippen LogP contribution in [-0.2, 0) is 22.6 Å². The maximum absolute atomic E-state index is 14.0. The predicted octanol–water partition coefficient (Wildman–Crippen LogP) is 4.41. The van der Waals surface area contributed by atoms with Gasteiger partial charge in [0.05, 0.1) is 43.3 Å². The Bertz CT molecular complexity index is 1650. The van der Waals surface area contributed by atoms with E-state index in [1.54, 1.807) is 41.7 Å². The Balaban J connectivity index is 1.50. The number of aromatic nitrogens is 2. The van der Waals surface area contributed by atoms with Gasteiger partial charge in [0.25, 0.3) is 5.56 Å². The molecule has 2 aromatic heterocycles. The zero-order chi connectivity index (χ0) is 27.7. The second-order valence-electron chi connectivity index (χ2n) is 9.15. The largest absolute Gasteiger partial charge is 0.497 e. The Morgan fingerprint density at radius 2 is 1.97 bits per heavy atom. The number of nitrogens with one attached hydrogen (secondary N) is 1. The molecule has 1 aliphatic heterocycles. The number of aryl methyl sites for hydroxylation is 1. The van der Waals surface area contributed by atoms with Crippen LogP contribution in [0.2, 0.25) is 0 Å². The Hall–Kier alpha value is -3.83. The summed E-state index contributed by atoms with van der Waals surface area (Å²) in [6.07, 6.45) is 0.609. The molecule has 2 amide bonds. The van der Waals surface area contributed by atoms with Gasteiger partial charge in [0.2, 0.25) is 11.8 Å². The van der Waals surface area contributed by atoms with Gasteiger partial charge in [-0.25, -0.2) is 4.98 Å². The van der Waals surface area contributed by atoms with Crippen molar-refractivity contribution in [3.63, 3.8) is 0 Å². The van der Waals surface area contributed by atoms with Crippen LogP contribution in [0.15, 0.2) is 52.4 Å². The number of thiophene rings is 1. The van der Waals surface area contributed by atoms with Gasteiger partial charge in [0.1, 0.15) is 16.3 Å². The van der Waals surface area contributed by atoms with Crippen molar-refractivity contribution in [1.82, 2.24) is 14.5 Å². The van der Waals surface area contributed by atoms with Crippen molar-refractivity contribution in [2.24, 2.45) is 0 Å². The van der Waals surface area contributed by atoms with E-state index in [2.05, 4.69) is 5.32 Å². The lowest BCUT2D eigenvalue weighted by Gasteiger charge is -2.25. The van der Waals surface area contributed by atoms with Gasteiger partial charge in [-0.15, -0.1) is 11.3 Å². The highest BCUT2D eigenvalue weighted by molar-refractivity contribution is 7.99. The predicted molar refractivity (Wildman–Crippen MR) is 154 cm³/mol. The molecular formula is C28H28N4O5S2. The average molecular weight is 565 g/mol. The van der Waals surface area contributed by atoms with Crippen LogP contribution in [0.25, 0.3) is 15.9 Å². The first-order chi connectivity index (χ1) is 18.8. The van der Waals surface area contributed by atoms with Crippen molar-refractivity contribution in [3.8, 4) is 17.2 Å². The smallest absolute Gasteiger partial charge is 0.267 e. The van der Waals surface area contributed by atoms with Gasteiger partial charge in [-0.2, -0.15) is 0 Å². The fourth-order valence-electron chi connectivity index (χ4n) is 4.60. The zero-order valence-electron chi connectivity index (χ0n) is 22.1. The molecule has 0 unspecified atom stereocenters. The van der Waals surface area contributed by atoms with Gasteiger partial charge < -0.3 is 19.7 Å². The first-order valence-corrected chi connectivity index (χ1v) is 14.1. The summed E-state index contributed by atoms with van der Waals surface area (Å²) in [5.41, 5.74) is 3.01. The molecule has 0 saturated carbocycles. The van der Waals surface area contributed by atoms with E-state index in [4.69, 9.17) is 14.5 Å². The van der Waals surface area contributed by atoms with Gasteiger partial charge in [0.15, 0.2) is 5.16 Å². The zero-order valence-corrected chi connectivity index (χ0v) is 23.7. The molecule has 1 aliphatic rings. The SMILES string of the molecule is COc1ccc(NC(=O)CSc2nc3sc4c(c3c(=O)n2-c2cccc(C)c2)CCN(C(C)=O)C4)c(OC)c1. The average Bonchev–Trinajstić information content (AvgIpc) is 3.30. The van der Waals surface area contributed by atoms with Crippen molar-refractivity contribution in [3.05, 3.63) is 68.8 Å². The van der Waals surface area contributed by atoms with Crippen LogP contribution in [-0.4, -0.2) is 52.8 Å². The van der Waals surface area contributed by atoms with Crippen LogP contribution in [0.4, 0.5) is 5.69 Å². The minimum atomic E-state index is -0.267. The Morgan fingerprint density at radius 3 is 2.69 bits per heavy atom. The molecule has 1 N–H and O–H groups in total. The van der Waals surface area contributed by atoms with Crippen LogP contribution >= 0.6 is 23.1 Å². The van der Waals surface area contributed by atoms with Crippen molar-refractivity contribution in [2.45, 2.75) is 32.0 Å². The van der Waals surface area contributed by atoms with Gasteiger partial charge in [-0.3, -0.25) is 19.0 Å².